The Kier molecular flexibility index (Phi) is 8.12. The summed E-state index contributed by atoms with van der Waals surface area (Å²) in [7, 11) is -1.75. The van der Waals surface area contributed by atoms with Crippen LogP contribution in [0, 0.1) is 17.3 Å². The topological polar surface area (TPSA) is 29.5 Å². The van der Waals surface area contributed by atoms with E-state index in [1.54, 1.807) is 0 Å². The number of alkyl halides is 1. The fraction of sp³-hybridized carbons (Fsp3) is 0.913. The van der Waals surface area contributed by atoms with Crippen molar-refractivity contribution in [3.63, 3.8) is 0 Å². The molecule has 2 nitrogen and oxygen atoms in total. The Morgan fingerprint density at radius 2 is 1.93 bits per heavy atom. The molecule has 27 heavy (non-hydrogen) atoms. The third-order valence-electron chi connectivity index (χ3n) is 7.83. The Morgan fingerprint density at radius 3 is 2.48 bits per heavy atom. The number of fused-ring (bicyclic) bond motifs is 1. The lowest BCUT2D eigenvalue weighted by Crippen LogP contribution is -2.52. The van der Waals surface area contributed by atoms with Gasteiger partial charge in [0, 0.05) is 10.5 Å². The van der Waals surface area contributed by atoms with Crippen LogP contribution in [-0.4, -0.2) is 30.1 Å². The molecule has 0 radical (unpaired) electrons. The number of rotatable bonds is 7. The molecule has 2 fully saturated rings. The van der Waals surface area contributed by atoms with E-state index in [1.807, 2.05) is 0 Å². The zero-order valence-electron chi connectivity index (χ0n) is 18.8. The lowest BCUT2D eigenvalue weighted by molar-refractivity contribution is -0.0396. The minimum Gasteiger partial charge on any atom is -0.414 e. The van der Waals surface area contributed by atoms with Gasteiger partial charge in [-0.05, 0) is 87.8 Å². The first-order valence-electron chi connectivity index (χ1n) is 11.0. The van der Waals surface area contributed by atoms with Crippen molar-refractivity contribution in [2.75, 3.05) is 4.43 Å². The van der Waals surface area contributed by atoms with Gasteiger partial charge in [0.15, 0.2) is 8.32 Å². The van der Waals surface area contributed by atoms with Crippen LogP contribution < -0.4 is 0 Å². The largest absolute Gasteiger partial charge is 0.414 e. The van der Waals surface area contributed by atoms with E-state index in [1.165, 1.54) is 37.7 Å². The third kappa shape index (κ3) is 5.21. The first-order valence-corrected chi connectivity index (χ1v) is 15.4. The zero-order chi connectivity index (χ0) is 20.5. The first-order chi connectivity index (χ1) is 12.4. The van der Waals surface area contributed by atoms with Gasteiger partial charge in [0.1, 0.15) is 0 Å². The molecule has 1 N–H and O–H groups in total. The quantitative estimate of drug-likeness (QED) is 0.173. The summed E-state index contributed by atoms with van der Waals surface area (Å²) < 4.78 is 8.13. The monoisotopic (exact) mass is 506 g/mol. The summed E-state index contributed by atoms with van der Waals surface area (Å²) in [6.07, 6.45) is 10.6. The molecule has 0 amide bonds. The van der Waals surface area contributed by atoms with Crippen LogP contribution in [0.15, 0.2) is 11.6 Å². The lowest BCUT2D eigenvalue weighted by atomic mass is 9.63. The standard InChI is InChI=1S/C23H43IO2Si/c1-17(2)10-8-11-20(25)18-13-14-19-21(12-9-15-23(18,19)16-24)26-27(6,7)22(3,4)5/h10,18-21,25H,8-9,11-16H2,1-7H3/t18-,19+,20-,21+,23+/m1/s1. The van der Waals surface area contributed by atoms with Crippen molar-refractivity contribution in [2.45, 2.75) is 110 Å². The fourth-order valence-electron chi connectivity index (χ4n) is 5.25. The van der Waals surface area contributed by atoms with Crippen molar-refractivity contribution >= 4 is 30.9 Å². The van der Waals surface area contributed by atoms with E-state index in [0.29, 0.717) is 17.9 Å². The second-order valence-electron chi connectivity index (χ2n) is 10.9. The van der Waals surface area contributed by atoms with Crippen molar-refractivity contribution in [1.82, 2.24) is 0 Å². The number of hydrogen-bond acceptors (Lipinski definition) is 2. The number of aliphatic hydroxyl groups is 1. The highest BCUT2D eigenvalue weighted by Crippen LogP contribution is 2.59. The fourth-order valence-corrected chi connectivity index (χ4v) is 8.16. The molecule has 5 atom stereocenters. The molecular weight excluding hydrogens is 463 g/mol. The van der Waals surface area contributed by atoms with Crippen molar-refractivity contribution in [2.24, 2.45) is 17.3 Å². The van der Waals surface area contributed by atoms with E-state index < -0.39 is 8.32 Å². The molecule has 0 unspecified atom stereocenters. The Balaban J connectivity index is 2.15. The molecule has 0 aromatic rings. The van der Waals surface area contributed by atoms with Crippen LogP contribution >= 0.6 is 22.6 Å². The van der Waals surface area contributed by atoms with E-state index in [9.17, 15) is 5.11 Å². The van der Waals surface area contributed by atoms with Gasteiger partial charge in [0.2, 0.25) is 0 Å². The Hall–Kier alpha value is 0.607. The van der Waals surface area contributed by atoms with E-state index >= 15 is 0 Å². The average Bonchev–Trinajstić information content (AvgIpc) is 2.94. The van der Waals surface area contributed by atoms with Crippen LogP contribution in [0.2, 0.25) is 18.1 Å². The van der Waals surface area contributed by atoms with Gasteiger partial charge in [-0.25, -0.2) is 0 Å². The van der Waals surface area contributed by atoms with Crippen LogP contribution in [0.4, 0.5) is 0 Å². The van der Waals surface area contributed by atoms with Gasteiger partial charge in [-0.3, -0.25) is 0 Å². The molecule has 4 heteroatoms. The average molecular weight is 507 g/mol. The summed E-state index contributed by atoms with van der Waals surface area (Å²) in [5, 5.41) is 11.3. The van der Waals surface area contributed by atoms with Crippen LogP contribution in [0.1, 0.15) is 79.6 Å². The maximum atomic E-state index is 11.1. The Labute approximate surface area is 183 Å². The highest BCUT2D eigenvalue weighted by Gasteiger charge is 2.56. The van der Waals surface area contributed by atoms with Gasteiger partial charge in [-0.1, -0.05) is 61.4 Å². The van der Waals surface area contributed by atoms with Crippen LogP contribution in [-0.2, 0) is 4.43 Å². The highest BCUT2D eigenvalue weighted by atomic mass is 127. The van der Waals surface area contributed by atoms with Crippen molar-refractivity contribution in [3.05, 3.63) is 11.6 Å². The van der Waals surface area contributed by atoms with E-state index in [4.69, 9.17) is 4.43 Å². The smallest absolute Gasteiger partial charge is 0.192 e. The highest BCUT2D eigenvalue weighted by molar-refractivity contribution is 14.1. The van der Waals surface area contributed by atoms with Crippen LogP contribution in [0.3, 0.4) is 0 Å². The summed E-state index contributed by atoms with van der Waals surface area (Å²) in [5.41, 5.74) is 1.64. The second-order valence-corrected chi connectivity index (χ2v) is 16.4. The van der Waals surface area contributed by atoms with Crippen molar-refractivity contribution in [1.29, 1.82) is 0 Å². The second kappa shape index (κ2) is 9.17. The molecule has 0 spiro atoms. The molecular formula is C23H43IO2Si. The van der Waals surface area contributed by atoms with Gasteiger partial charge in [0.25, 0.3) is 0 Å². The molecule has 0 saturated heterocycles. The van der Waals surface area contributed by atoms with Crippen LogP contribution in [0.5, 0.6) is 0 Å². The molecule has 0 aromatic heterocycles. The Morgan fingerprint density at radius 1 is 1.26 bits per heavy atom. The molecule has 2 rings (SSSR count). The summed E-state index contributed by atoms with van der Waals surface area (Å²) in [5.74, 6) is 1.09. The summed E-state index contributed by atoms with van der Waals surface area (Å²) >= 11 is 2.61. The number of aliphatic hydroxyl groups excluding tert-OH is 1. The number of hydrogen-bond donors (Lipinski definition) is 1. The molecule has 158 valence electrons. The molecule has 0 aliphatic heterocycles. The van der Waals surface area contributed by atoms with E-state index in [0.717, 1.165) is 17.3 Å². The van der Waals surface area contributed by atoms with Crippen molar-refractivity contribution < 1.29 is 9.53 Å². The SMILES string of the molecule is CC(C)=CCC[C@@H](O)[C@H]1CC[C@H]2[C@@H](O[Si](C)(C)C(C)(C)C)CCC[C@]12CI. The minimum atomic E-state index is -1.75. The van der Waals surface area contributed by atoms with E-state index in [-0.39, 0.29) is 16.6 Å². The summed E-state index contributed by atoms with van der Waals surface area (Å²) in [6, 6.07) is 0. The lowest BCUT2D eigenvalue weighted by Gasteiger charge is -2.50. The van der Waals surface area contributed by atoms with Gasteiger partial charge in [-0.15, -0.1) is 0 Å². The third-order valence-corrected chi connectivity index (χ3v) is 13.8. The van der Waals surface area contributed by atoms with Crippen molar-refractivity contribution in [3.8, 4) is 0 Å². The maximum absolute atomic E-state index is 11.1. The number of allylic oxidation sites excluding steroid dienone is 2. The Bertz CT molecular complexity index is 521. The zero-order valence-corrected chi connectivity index (χ0v) is 21.9. The summed E-state index contributed by atoms with van der Waals surface area (Å²) in [6.45, 7) is 16.1. The number of halogens is 1. The molecule has 2 aliphatic carbocycles. The molecule has 2 saturated carbocycles. The predicted octanol–water partition coefficient (Wildman–Crippen LogP) is 7.12. The molecule has 0 heterocycles. The van der Waals surface area contributed by atoms with Gasteiger partial charge in [-0.2, -0.15) is 0 Å². The minimum absolute atomic E-state index is 0.160. The van der Waals surface area contributed by atoms with Gasteiger partial charge >= 0.3 is 0 Å². The molecule has 0 aromatic carbocycles. The maximum Gasteiger partial charge on any atom is 0.192 e. The van der Waals surface area contributed by atoms with Gasteiger partial charge in [0.05, 0.1) is 6.10 Å². The van der Waals surface area contributed by atoms with Gasteiger partial charge < -0.3 is 9.53 Å². The first kappa shape index (κ1) is 23.9. The molecule has 0 bridgehead atoms. The molecule has 2 aliphatic rings. The van der Waals surface area contributed by atoms with Crippen LogP contribution in [0.25, 0.3) is 0 Å². The normalized spacial score (nSPS) is 32.9. The van der Waals surface area contributed by atoms with E-state index in [2.05, 4.69) is 76.4 Å². The predicted molar refractivity (Wildman–Crippen MR) is 128 cm³/mol. The summed E-state index contributed by atoms with van der Waals surface area (Å²) in [4.78, 5) is 0.